The van der Waals surface area contributed by atoms with E-state index in [2.05, 4.69) is 15.0 Å². The molecule has 1 aliphatic heterocycles. The van der Waals surface area contributed by atoms with E-state index in [-0.39, 0.29) is 36.6 Å². The minimum Gasteiger partial charge on any atom is -0.494 e. The zero-order valence-corrected chi connectivity index (χ0v) is 31.3. The van der Waals surface area contributed by atoms with Gasteiger partial charge in [-0.15, -0.1) is 0 Å². The highest BCUT2D eigenvalue weighted by atomic mass is 35.5. The van der Waals surface area contributed by atoms with Gasteiger partial charge < -0.3 is 25.4 Å². The number of carbonyl (C=O) groups excluding carboxylic acids is 3. The number of rotatable bonds is 17. The van der Waals surface area contributed by atoms with Crippen molar-refractivity contribution >= 4 is 55.8 Å². The molecule has 2 aromatic carbocycles. The van der Waals surface area contributed by atoms with Gasteiger partial charge in [0.1, 0.15) is 29.8 Å². The summed E-state index contributed by atoms with van der Waals surface area (Å²) >= 11 is 6.28. The first-order valence-corrected chi connectivity index (χ1v) is 19.8. The molecule has 3 aromatic rings. The Morgan fingerprint density at radius 2 is 1.92 bits per heavy atom. The van der Waals surface area contributed by atoms with Crippen LogP contribution in [0.1, 0.15) is 64.7 Å². The summed E-state index contributed by atoms with van der Waals surface area (Å²) in [5.74, 6) is -1.37. The molecule has 5 atom stereocenters. The van der Waals surface area contributed by atoms with E-state index in [1.807, 2.05) is 12.2 Å². The highest BCUT2D eigenvalue weighted by Crippen LogP contribution is 2.44. The molecule has 5 unspecified atom stereocenters. The van der Waals surface area contributed by atoms with Crippen molar-refractivity contribution < 1.29 is 36.7 Å². The molecule has 284 valence electrons. The summed E-state index contributed by atoms with van der Waals surface area (Å²) in [7, 11) is -2.10. The Morgan fingerprint density at radius 3 is 2.64 bits per heavy atom. The van der Waals surface area contributed by atoms with E-state index in [4.69, 9.17) is 26.8 Å². The lowest BCUT2D eigenvalue weighted by atomic mass is 10.0. The van der Waals surface area contributed by atoms with Gasteiger partial charge in [-0.1, -0.05) is 42.7 Å². The molecule has 0 spiro atoms. The Hall–Kier alpha value is -4.43. The van der Waals surface area contributed by atoms with Gasteiger partial charge in [-0.05, 0) is 87.8 Å². The van der Waals surface area contributed by atoms with Crippen molar-refractivity contribution in [2.24, 2.45) is 17.6 Å². The van der Waals surface area contributed by atoms with Crippen LogP contribution in [-0.2, 0) is 24.4 Å². The highest BCUT2D eigenvalue weighted by molar-refractivity contribution is 7.91. The number of benzene rings is 2. The number of methoxy groups -OCH3 is 1. The van der Waals surface area contributed by atoms with E-state index in [1.165, 1.54) is 30.3 Å². The van der Waals surface area contributed by atoms with Gasteiger partial charge in [-0.2, -0.15) is 0 Å². The maximum atomic E-state index is 14.1. The van der Waals surface area contributed by atoms with Crippen LogP contribution in [-0.4, -0.2) is 72.6 Å². The van der Waals surface area contributed by atoms with Crippen molar-refractivity contribution in [3.8, 4) is 11.6 Å². The summed E-state index contributed by atoms with van der Waals surface area (Å²) in [6, 6.07) is 9.41. The Bertz CT molecular complexity index is 2010. The van der Waals surface area contributed by atoms with Gasteiger partial charge >= 0.3 is 0 Å². The Labute approximate surface area is 313 Å². The molecule has 3 aliphatic rings. The smallest absolute Gasteiger partial charge is 0.245 e. The maximum absolute atomic E-state index is 14.1. The predicted molar refractivity (Wildman–Crippen MR) is 199 cm³/mol. The van der Waals surface area contributed by atoms with Gasteiger partial charge in [-0.25, -0.2) is 17.8 Å². The summed E-state index contributed by atoms with van der Waals surface area (Å²) in [5.41, 5.74) is 6.24. The van der Waals surface area contributed by atoms with Crippen LogP contribution in [0.5, 0.6) is 11.6 Å². The number of allylic oxidation sites excluding steroid dienone is 2. The second kappa shape index (κ2) is 15.9. The second-order valence-electron chi connectivity index (χ2n) is 14.4. The van der Waals surface area contributed by atoms with E-state index in [0.717, 1.165) is 24.6 Å². The minimum atomic E-state index is -3.64. The first kappa shape index (κ1) is 38.3. The maximum Gasteiger partial charge on any atom is 0.245 e. The SMILES string of the molecule is COc1cnc(OC2CC(C(N)=O)N(C(=O)C(CCCCCC=CC3CC3C(=O)NS(=O)(=O)C3(C)CC3)Nc3cccc(F)c3)C2)c2cc(Cl)ccc12. The third-order valence-corrected chi connectivity index (χ3v) is 12.8. The largest absolute Gasteiger partial charge is 0.494 e. The number of hydrogen-bond donors (Lipinski definition) is 3. The van der Waals surface area contributed by atoms with Gasteiger partial charge in [0.2, 0.25) is 33.6 Å². The molecule has 15 heteroatoms. The number of primary amides is 1. The zero-order chi connectivity index (χ0) is 37.9. The van der Waals surface area contributed by atoms with Crippen LogP contribution in [0, 0.1) is 17.7 Å². The number of pyridine rings is 1. The molecule has 1 saturated heterocycles. The van der Waals surface area contributed by atoms with Crippen LogP contribution in [0.25, 0.3) is 10.8 Å². The number of fused-ring (bicyclic) bond motifs is 1. The van der Waals surface area contributed by atoms with Crippen molar-refractivity contribution in [3.05, 3.63) is 71.7 Å². The fraction of sp³-hybridized carbons (Fsp3) is 0.474. The molecule has 2 saturated carbocycles. The third-order valence-electron chi connectivity index (χ3n) is 10.4. The molecule has 2 aliphatic carbocycles. The monoisotopic (exact) mass is 769 g/mol. The number of likely N-dealkylation sites (tertiary alicyclic amines) is 1. The van der Waals surface area contributed by atoms with Crippen molar-refractivity contribution in [1.82, 2.24) is 14.6 Å². The van der Waals surface area contributed by atoms with Gasteiger partial charge in [0.15, 0.2) is 0 Å². The van der Waals surface area contributed by atoms with Gasteiger partial charge in [0, 0.05) is 33.8 Å². The number of sulfonamides is 1. The highest BCUT2D eigenvalue weighted by Gasteiger charge is 2.52. The average molecular weight is 770 g/mol. The summed E-state index contributed by atoms with van der Waals surface area (Å²) in [4.78, 5) is 45.1. The van der Waals surface area contributed by atoms with Crippen LogP contribution in [0.2, 0.25) is 5.02 Å². The number of anilines is 1. The van der Waals surface area contributed by atoms with E-state index in [9.17, 15) is 27.2 Å². The molecule has 1 aromatic heterocycles. The summed E-state index contributed by atoms with van der Waals surface area (Å²) in [5, 5.41) is 5.01. The standard InChI is InChI=1S/C38H45ClFN5O7S/c1-38(15-16-38)53(49,50)44-35(47)29-17-23(29)9-6-4-3-5-7-12-31(43-26-11-8-10-25(40)19-26)37(48)45-22-27(20-32(45)34(41)46)52-36-30-18-24(39)13-14-28(30)33(51-2)21-42-36/h6,8-11,13-14,18-19,21,23,27,29,31-32,43H,3-5,7,12,15-17,20,22H2,1-2H3,(H2,41,46)(H,44,47). The lowest BCUT2D eigenvalue weighted by Gasteiger charge is -2.28. The molecule has 4 N–H and O–H groups in total. The first-order valence-electron chi connectivity index (χ1n) is 17.9. The molecular formula is C38H45ClFN5O7S. The summed E-state index contributed by atoms with van der Waals surface area (Å²) < 4.78 is 52.0. The molecule has 2 heterocycles. The molecule has 3 amide bonds. The Kier molecular flexibility index (Phi) is 11.5. The fourth-order valence-corrected chi connectivity index (χ4v) is 8.25. The quantitative estimate of drug-likeness (QED) is 0.119. The first-order chi connectivity index (χ1) is 25.3. The van der Waals surface area contributed by atoms with Crippen molar-refractivity contribution in [3.63, 3.8) is 0 Å². The van der Waals surface area contributed by atoms with Gasteiger partial charge in [0.05, 0.1) is 24.6 Å². The number of aromatic nitrogens is 1. The summed E-state index contributed by atoms with van der Waals surface area (Å²) in [6.45, 7) is 1.73. The minimum absolute atomic E-state index is 0.0261. The number of carbonyl (C=O) groups is 3. The van der Waals surface area contributed by atoms with Crippen LogP contribution in [0.15, 0.2) is 60.8 Å². The van der Waals surface area contributed by atoms with E-state index < -0.39 is 50.6 Å². The van der Waals surface area contributed by atoms with E-state index in [1.54, 1.807) is 37.3 Å². The Balaban J connectivity index is 1.05. The van der Waals surface area contributed by atoms with E-state index in [0.29, 0.717) is 53.9 Å². The van der Waals surface area contributed by atoms with Gasteiger partial charge in [0.25, 0.3) is 0 Å². The lowest BCUT2D eigenvalue weighted by Crippen LogP contribution is -2.49. The normalized spacial score (nSPS) is 22.4. The van der Waals surface area contributed by atoms with Gasteiger partial charge in [-0.3, -0.25) is 19.1 Å². The second-order valence-corrected chi connectivity index (χ2v) is 17.0. The molecule has 6 rings (SSSR count). The zero-order valence-electron chi connectivity index (χ0n) is 29.7. The van der Waals surface area contributed by atoms with Crippen LogP contribution in [0.3, 0.4) is 0 Å². The van der Waals surface area contributed by atoms with Crippen LogP contribution < -0.4 is 25.2 Å². The van der Waals surface area contributed by atoms with Crippen LogP contribution in [0.4, 0.5) is 10.1 Å². The van der Waals surface area contributed by atoms with Crippen molar-refractivity contribution in [2.75, 3.05) is 19.0 Å². The number of nitrogens with zero attached hydrogens (tertiary/aromatic N) is 2. The molecule has 53 heavy (non-hydrogen) atoms. The lowest BCUT2D eigenvalue weighted by molar-refractivity contribution is -0.138. The molecule has 12 nitrogen and oxygen atoms in total. The Morgan fingerprint density at radius 1 is 1.13 bits per heavy atom. The molecule has 3 fully saturated rings. The number of hydrogen-bond acceptors (Lipinski definition) is 9. The number of nitrogens with two attached hydrogens (primary N) is 1. The average Bonchev–Trinajstić information content (AvgIpc) is 4.03. The molecule has 0 bridgehead atoms. The predicted octanol–water partition coefficient (Wildman–Crippen LogP) is 5.49. The number of unbranched alkanes of at least 4 members (excludes halogenated alkanes) is 3. The number of ether oxygens (including phenoxy) is 2. The number of nitrogens with one attached hydrogen (secondary N) is 2. The van der Waals surface area contributed by atoms with Crippen molar-refractivity contribution in [1.29, 1.82) is 0 Å². The van der Waals surface area contributed by atoms with E-state index >= 15 is 0 Å². The molecule has 0 radical (unpaired) electrons. The summed E-state index contributed by atoms with van der Waals surface area (Å²) in [6.07, 6.45) is 10.3. The van der Waals surface area contributed by atoms with Crippen molar-refractivity contribution in [2.45, 2.75) is 87.6 Å². The number of amides is 3. The molecular weight excluding hydrogens is 725 g/mol. The fourth-order valence-electron chi connectivity index (χ4n) is 6.78. The third kappa shape index (κ3) is 9.03. The topological polar surface area (TPSA) is 170 Å². The number of halogens is 2. The van der Waals surface area contributed by atoms with Crippen LogP contribution >= 0.6 is 11.6 Å².